The van der Waals surface area contributed by atoms with Crippen LogP contribution in [0.15, 0.2) is 35.7 Å². The van der Waals surface area contributed by atoms with Crippen LogP contribution in [0.25, 0.3) is 0 Å². The number of thiazole rings is 1. The van der Waals surface area contributed by atoms with Gasteiger partial charge in [0.2, 0.25) is 0 Å². The van der Waals surface area contributed by atoms with Crippen molar-refractivity contribution in [2.24, 2.45) is 0 Å². The Hall–Kier alpha value is -1.39. The monoisotopic (exact) mass is 301 g/mol. The van der Waals surface area contributed by atoms with Crippen LogP contribution in [0.4, 0.5) is 10.8 Å². The van der Waals surface area contributed by atoms with Gasteiger partial charge in [0.25, 0.3) is 0 Å². The van der Waals surface area contributed by atoms with Crippen molar-refractivity contribution >= 4 is 22.2 Å². The standard InChI is InChI=1S/C17H23N3S/c1-2-3-11-20(16-7-5-4-6-8-16)17-19-15(13-21-17)12-18-14-9-10-14/h4-8,13-14,18H,2-3,9-12H2,1H3. The van der Waals surface area contributed by atoms with Crippen LogP contribution in [0.5, 0.6) is 0 Å². The Morgan fingerprint density at radius 3 is 2.81 bits per heavy atom. The van der Waals surface area contributed by atoms with E-state index in [4.69, 9.17) is 4.98 Å². The zero-order chi connectivity index (χ0) is 14.5. The van der Waals surface area contributed by atoms with Gasteiger partial charge >= 0.3 is 0 Å². The first-order chi connectivity index (χ1) is 10.4. The molecule has 0 aliphatic heterocycles. The highest BCUT2D eigenvalue weighted by Gasteiger charge is 2.20. The van der Waals surface area contributed by atoms with E-state index in [0.29, 0.717) is 0 Å². The summed E-state index contributed by atoms with van der Waals surface area (Å²) in [5, 5.41) is 6.83. The summed E-state index contributed by atoms with van der Waals surface area (Å²) in [5.74, 6) is 0. The van der Waals surface area contributed by atoms with E-state index in [1.165, 1.54) is 37.1 Å². The molecule has 1 fully saturated rings. The predicted molar refractivity (Wildman–Crippen MR) is 90.3 cm³/mol. The number of benzene rings is 1. The Bertz CT molecular complexity index is 548. The summed E-state index contributed by atoms with van der Waals surface area (Å²) in [6.45, 7) is 4.16. The molecule has 112 valence electrons. The van der Waals surface area contributed by atoms with Crippen molar-refractivity contribution in [3.8, 4) is 0 Å². The zero-order valence-corrected chi connectivity index (χ0v) is 13.4. The second kappa shape index (κ2) is 7.05. The fraction of sp³-hybridized carbons (Fsp3) is 0.471. The third-order valence-electron chi connectivity index (χ3n) is 3.72. The van der Waals surface area contributed by atoms with Crippen molar-refractivity contribution in [2.75, 3.05) is 11.4 Å². The molecular formula is C17H23N3S. The molecule has 1 aliphatic carbocycles. The second-order valence-electron chi connectivity index (χ2n) is 5.62. The number of anilines is 2. The normalized spacial score (nSPS) is 14.3. The van der Waals surface area contributed by atoms with Crippen molar-refractivity contribution in [3.63, 3.8) is 0 Å². The topological polar surface area (TPSA) is 28.2 Å². The summed E-state index contributed by atoms with van der Waals surface area (Å²) in [6.07, 6.45) is 5.03. The zero-order valence-electron chi connectivity index (χ0n) is 12.6. The molecule has 4 heteroatoms. The van der Waals surface area contributed by atoms with Crippen LogP contribution in [0.1, 0.15) is 38.3 Å². The lowest BCUT2D eigenvalue weighted by molar-refractivity contribution is 0.676. The minimum Gasteiger partial charge on any atom is -0.318 e. The van der Waals surface area contributed by atoms with Gasteiger partial charge in [0.1, 0.15) is 0 Å². The lowest BCUT2D eigenvalue weighted by atomic mass is 10.2. The molecule has 0 saturated heterocycles. The molecule has 0 bridgehead atoms. The van der Waals surface area contributed by atoms with E-state index < -0.39 is 0 Å². The third kappa shape index (κ3) is 4.05. The highest BCUT2D eigenvalue weighted by atomic mass is 32.1. The fourth-order valence-corrected chi connectivity index (χ4v) is 3.17. The molecule has 1 saturated carbocycles. The van der Waals surface area contributed by atoms with Crippen molar-refractivity contribution < 1.29 is 0 Å². The van der Waals surface area contributed by atoms with Crippen LogP contribution >= 0.6 is 11.3 Å². The van der Waals surface area contributed by atoms with Crippen LogP contribution in [0.3, 0.4) is 0 Å². The molecule has 0 spiro atoms. The molecule has 1 aromatic carbocycles. The maximum absolute atomic E-state index is 4.82. The number of hydrogen-bond donors (Lipinski definition) is 1. The predicted octanol–water partition coefficient (Wildman–Crippen LogP) is 4.33. The quantitative estimate of drug-likeness (QED) is 0.786. The number of hydrogen-bond acceptors (Lipinski definition) is 4. The lowest BCUT2D eigenvalue weighted by Gasteiger charge is -2.21. The van der Waals surface area contributed by atoms with Crippen molar-refractivity contribution in [3.05, 3.63) is 41.4 Å². The first kappa shape index (κ1) is 14.5. The van der Waals surface area contributed by atoms with Gasteiger partial charge in [0, 0.05) is 30.2 Å². The first-order valence-electron chi connectivity index (χ1n) is 7.87. The van der Waals surface area contributed by atoms with Crippen LogP contribution in [-0.4, -0.2) is 17.6 Å². The Kier molecular flexibility index (Phi) is 4.88. The fourth-order valence-electron chi connectivity index (χ4n) is 2.30. The molecule has 0 radical (unpaired) electrons. The molecule has 2 aromatic rings. The van der Waals surface area contributed by atoms with E-state index in [0.717, 1.165) is 24.3 Å². The highest BCUT2D eigenvalue weighted by molar-refractivity contribution is 7.13. The highest BCUT2D eigenvalue weighted by Crippen LogP contribution is 2.29. The molecule has 0 atom stereocenters. The summed E-state index contributed by atoms with van der Waals surface area (Å²) in [7, 11) is 0. The first-order valence-corrected chi connectivity index (χ1v) is 8.75. The molecule has 1 N–H and O–H groups in total. The van der Waals surface area contributed by atoms with Crippen molar-refractivity contribution in [1.29, 1.82) is 0 Å². The minimum absolute atomic E-state index is 0.737. The third-order valence-corrected chi connectivity index (χ3v) is 4.64. The van der Waals surface area contributed by atoms with E-state index in [9.17, 15) is 0 Å². The molecule has 1 aliphatic rings. The number of aromatic nitrogens is 1. The molecule has 1 heterocycles. The van der Waals surface area contributed by atoms with Gasteiger partial charge in [-0.3, -0.25) is 0 Å². The Morgan fingerprint density at radius 1 is 1.29 bits per heavy atom. The number of nitrogens with zero attached hydrogens (tertiary/aromatic N) is 2. The average Bonchev–Trinajstić information content (AvgIpc) is 3.25. The van der Waals surface area contributed by atoms with E-state index in [-0.39, 0.29) is 0 Å². The molecule has 21 heavy (non-hydrogen) atoms. The molecular weight excluding hydrogens is 278 g/mol. The smallest absolute Gasteiger partial charge is 0.190 e. The molecule has 0 amide bonds. The van der Waals surface area contributed by atoms with E-state index in [1.807, 2.05) is 0 Å². The van der Waals surface area contributed by atoms with Gasteiger partial charge in [-0.05, 0) is 31.4 Å². The van der Waals surface area contributed by atoms with Gasteiger partial charge in [0.05, 0.1) is 5.69 Å². The number of nitrogens with one attached hydrogen (secondary N) is 1. The maximum atomic E-state index is 4.82. The Morgan fingerprint density at radius 2 is 2.10 bits per heavy atom. The van der Waals surface area contributed by atoms with E-state index in [1.54, 1.807) is 11.3 Å². The summed E-state index contributed by atoms with van der Waals surface area (Å²) < 4.78 is 0. The number of para-hydroxylation sites is 1. The van der Waals surface area contributed by atoms with Crippen LogP contribution in [-0.2, 0) is 6.54 Å². The second-order valence-corrected chi connectivity index (χ2v) is 6.45. The molecule has 1 aromatic heterocycles. The minimum atomic E-state index is 0.737. The van der Waals surface area contributed by atoms with Gasteiger partial charge in [-0.25, -0.2) is 4.98 Å². The molecule has 0 unspecified atom stereocenters. The summed E-state index contributed by atoms with van der Waals surface area (Å²) >= 11 is 1.75. The van der Waals surface area contributed by atoms with Crippen LogP contribution < -0.4 is 10.2 Å². The number of rotatable bonds is 8. The van der Waals surface area contributed by atoms with Crippen molar-refractivity contribution in [1.82, 2.24) is 10.3 Å². The lowest BCUT2D eigenvalue weighted by Crippen LogP contribution is -2.19. The largest absolute Gasteiger partial charge is 0.318 e. The number of unbranched alkanes of at least 4 members (excludes halogenated alkanes) is 1. The van der Waals surface area contributed by atoms with Gasteiger partial charge in [-0.15, -0.1) is 11.3 Å². The van der Waals surface area contributed by atoms with Gasteiger partial charge in [-0.1, -0.05) is 31.5 Å². The van der Waals surface area contributed by atoms with Crippen LogP contribution in [0.2, 0.25) is 0 Å². The molecule has 3 rings (SSSR count). The SMILES string of the molecule is CCCCN(c1ccccc1)c1nc(CNC2CC2)cs1. The average molecular weight is 301 g/mol. The maximum Gasteiger partial charge on any atom is 0.190 e. The summed E-state index contributed by atoms with van der Waals surface area (Å²) in [4.78, 5) is 7.16. The molecule has 3 nitrogen and oxygen atoms in total. The van der Waals surface area contributed by atoms with E-state index >= 15 is 0 Å². The summed E-state index contributed by atoms with van der Waals surface area (Å²) in [5.41, 5.74) is 2.40. The Labute approximate surface area is 131 Å². The van der Waals surface area contributed by atoms with Crippen molar-refractivity contribution in [2.45, 2.75) is 45.2 Å². The van der Waals surface area contributed by atoms with Crippen LogP contribution in [0, 0.1) is 0 Å². The van der Waals surface area contributed by atoms with Gasteiger partial charge in [0.15, 0.2) is 5.13 Å². The van der Waals surface area contributed by atoms with E-state index in [2.05, 4.69) is 52.9 Å². The van der Waals surface area contributed by atoms with Gasteiger partial charge < -0.3 is 10.2 Å². The van der Waals surface area contributed by atoms with Gasteiger partial charge in [-0.2, -0.15) is 0 Å². The Balaban J connectivity index is 1.72. The summed E-state index contributed by atoms with van der Waals surface area (Å²) in [6, 6.07) is 11.3.